The normalized spacial score (nSPS) is 11.5. The average molecular weight is 307 g/mol. The second-order valence-corrected chi connectivity index (χ2v) is 5.11. The molecule has 1 N–H and O–H groups in total. The number of anilines is 2. The zero-order valence-corrected chi connectivity index (χ0v) is 13.7. The Kier molecular flexibility index (Phi) is 5.69. The van der Waals surface area contributed by atoms with Gasteiger partial charge in [-0.15, -0.1) is 0 Å². The van der Waals surface area contributed by atoms with Gasteiger partial charge >= 0.3 is 0 Å². The van der Waals surface area contributed by atoms with Crippen molar-refractivity contribution in [3.05, 3.63) is 66.2 Å². The summed E-state index contributed by atoms with van der Waals surface area (Å²) in [5.41, 5.74) is 2.77. The molecule has 4 heteroatoms. The molecule has 0 aromatic heterocycles. The summed E-state index contributed by atoms with van der Waals surface area (Å²) in [6.45, 7) is 1.95. The van der Waals surface area contributed by atoms with E-state index in [4.69, 9.17) is 0 Å². The first kappa shape index (κ1) is 16.5. The number of nitrogens with zero attached hydrogens (tertiary/aromatic N) is 2. The fraction of sp³-hybridized carbons (Fsp3) is 0.158. The van der Waals surface area contributed by atoms with Crippen LogP contribution in [0.25, 0.3) is 6.08 Å². The van der Waals surface area contributed by atoms with Crippen molar-refractivity contribution < 1.29 is 4.79 Å². The molecule has 1 amide bonds. The number of nitrogens with one attached hydrogen (secondary N) is 1. The predicted molar refractivity (Wildman–Crippen MR) is 98.0 cm³/mol. The van der Waals surface area contributed by atoms with Crippen LogP contribution in [0.4, 0.5) is 11.4 Å². The lowest BCUT2D eigenvalue weighted by atomic mass is 10.2. The van der Waals surface area contributed by atoms with Crippen LogP contribution in [0.15, 0.2) is 65.7 Å². The first-order valence-corrected chi connectivity index (χ1v) is 7.41. The molecule has 0 saturated carbocycles. The molecule has 0 atom stereocenters. The minimum absolute atomic E-state index is 0.152. The van der Waals surface area contributed by atoms with E-state index >= 15 is 0 Å². The Bertz CT molecular complexity index is 703. The molecule has 0 unspecified atom stereocenters. The number of amidine groups is 1. The molecule has 4 nitrogen and oxygen atoms in total. The first-order chi connectivity index (χ1) is 11.1. The number of carbonyl (C=O) groups excluding carboxylic acids is 1. The third-order valence-electron chi connectivity index (χ3n) is 3.56. The lowest BCUT2D eigenvalue weighted by Gasteiger charge is -2.18. The maximum Gasteiger partial charge on any atom is 0.248 e. The first-order valence-electron chi connectivity index (χ1n) is 7.41. The van der Waals surface area contributed by atoms with E-state index in [9.17, 15) is 4.79 Å². The van der Waals surface area contributed by atoms with E-state index in [-0.39, 0.29) is 5.91 Å². The second kappa shape index (κ2) is 7.94. The Morgan fingerprint density at radius 3 is 2.35 bits per heavy atom. The van der Waals surface area contributed by atoms with Crippen LogP contribution < -0.4 is 10.2 Å². The largest absolute Gasteiger partial charge is 0.334 e. The fourth-order valence-electron chi connectivity index (χ4n) is 2.03. The van der Waals surface area contributed by atoms with E-state index in [2.05, 4.69) is 10.3 Å². The highest BCUT2D eigenvalue weighted by molar-refractivity contribution is 6.02. The standard InChI is InChI=1S/C19H21N3O/c1-15(20-2)22(3)18-12-10-17(11-13-18)21-19(23)14-9-16-7-5-4-6-8-16/h4-14H,1-3H3,(H,21,23). The Morgan fingerprint density at radius 1 is 1.09 bits per heavy atom. The predicted octanol–water partition coefficient (Wildman–Crippen LogP) is 3.82. The van der Waals surface area contributed by atoms with E-state index in [1.54, 1.807) is 13.1 Å². The summed E-state index contributed by atoms with van der Waals surface area (Å²) in [7, 11) is 3.72. The quantitative estimate of drug-likeness (QED) is 0.530. The van der Waals surface area contributed by atoms with Gasteiger partial charge in [0.1, 0.15) is 0 Å². The third kappa shape index (κ3) is 4.81. The summed E-state index contributed by atoms with van der Waals surface area (Å²) in [5, 5.41) is 2.85. The maximum atomic E-state index is 11.9. The van der Waals surface area contributed by atoms with E-state index < -0.39 is 0 Å². The second-order valence-electron chi connectivity index (χ2n) is 5.11. The van der Waals surface area contributed by atoms with Crippen molar-refractivity contribution in [1.82, 2.24) is 0 Å². The number of hydrogen-bond donors (Lipinski definition) is 1. The molecule has 0 bridgehead atoms. The molecule has 2 aromatic rings. The summed E-state index contributed by atoms with van der Waals surface area (Å²) in [6, 6.07) is 17.4. The number of carbonyl (C=O) groups is 1. The Labute approximate surface area is 137 Å². The summed E-state index contributed by atoms with van der Waals surface area (Å²) >= 11 is 0. The topological polar surface area (TPSA) is 44.7 Å². The van der Waals surface area contributed by atoms with Crippen LogP contribution in [-0.2, 0) is 4.79 Å². The van der Waals surface area contributed by atoms with Gasteiger partial charge in [0.2, 0.25) is 5.91 Å². The Hall–Kier alpha value is -2.88. The van der Waals surface area contributed by atoms with E-state index in [0.29, 0.717) is 0 Å². The average Bonchev–Trinajstić information content (AvgIpc) is 2.60. The lowest BCUT2D eigenvalue weighted by Crippen LogP contribution is -2.23. The van der Waals surface area contributed by atoms with Crippen LogP contribution in [-0.4, -0.2) is 25.8 Å². The van der Waals surface area contributed by atoms with Gasteiger partial charge in [0.25, 0.3) is 0 Å². The van der Waals surface area contributed by atoms with Crippen molar-refractivity contribution in [3.63, 3.8) is 0 Å². The van der Waals surface area contributed by atoms with Crippen LogP contribution in [0, 0.1) is 0 Å². The van der Waals surface area contributed by atoms with Crippen molar-refractivity contribution >= 4 is 29.2 Å². The number of aliphatic imine (C=N–C) groups is 1. The van der Waals surface area contributed by atoms with Gasteiger partial charge in [-0.2, -0.15) is 0 Å². The summed E-state index contributed by atoms with van der Waals surface area (Å²) < 4.78 is 0. The molecule has 0 aliphatic rings. The monoisotopic (exact) mass is 307 g/mol. The molecule has 0 aliphatic heterocycles. The molecule has 2 aromatic carbocycles. The molecule has 2 rings (SSSR count). The molecule has 0 aliphatic carbocycles. The van der Waals surface area contributed by atoms with Crippen LogP contribution in [0.5, 0.6) is 0 Å². The lowest BCUT2D eigenvalue weighted by molar-refractivity contribution is -0.111. The number of benzene rings is 2. The van der Waals surface area contributed by atoms with Gasteiger partial charge in [0.15, 0.2) is 0 Å². The molecular weight excluding hydrogens is 286 g/mol. The Balaban J connectivity index is 1.98. The van der Waals surface area contributed by atoms with Gasteiger partial charge in [-0.3, -0.25) is 9.79 Å². The van der Waals surface area contributed by atoms with Crippen molar-refractivity contribution in [2.75, 3.05) is 24.3 Å². The van der Waals surface area contributed by atoms with Gasteiger partial charge in [-0.1, -0.05) is 30.3 Å². The number of hydrogen-bond acceptors (Lipinski definition) is 2. The van der Waals surface area contributed by atoms with Crippen molar-refractivity contribution in [2.45, 2.75) is 6.92 Å². The van der Waals surface area contributed by atoms with Gasteiger partial charge in [-0.25, -0.2) is 0 Å². The summed E-state index contributed by atoms with van der Waals surface area (Å²) in [4.78, 5) is 18.1. The molecule has 0 spiro atoms. The highest BCUT2D eigenvalue weighted by atomic mass is 16.1. The zero-order valence-electron chi connectivity index (χ0n) is 13.7. The Morgan fingerprint density at radius 2 is 1.74 bits per heavy atom. The minimum Gasteiger partial charge on any atom is -0.334 e. The highest BCUT2D eigenvalue weighted by Crippen LogP contribution is 2.17. The van der Waals surface area contributed by atoms with E-state index in [1.807, 2.05) is 73.5 Å². The zero-order chi connectivity index (χ0) is 16.7. The van der Waals surface area contributed by atoms with Gasteiger partial charge in [0.05, 0.1) is 5.84 Å². The molecule has 0 radical (unpaired) electrons. The van der Waals surface area contributed by atoms with Crippen molar-refractivity contribution in [2.24, 2.45) is 4.99 Å². The van der Waals surface area contributed by atoms with Crippen LogP contribution in [0.3, 0.4) is 0 Å². The molecule has 0 saturated heterocycles. The summed E-state index contributed by atoms with van der Waals surface area (Å²) in [5.74, 6) is 0.772. The van der Waals surface area contributed by atoms with Gasteiger partial charge in [-0.05, 0) is 42.8 Å². The SMILES string of the molecule is CN=C(C)N(C)c1ccc(NC(=O)C=Cc2ccccc2)cc1. The van der Waals surface area contributed by atoms with Crippen molar-refractivity contribution in [1.29, 1.82) is 0 Å². The minimum atomic E-state index is -0.152. The summed E-state index contributed by atoms with van der Waals surface area (Å²) in [6.07, 6.45) is 3.32. The van der Waals surface area contributed by atoms with Crippen LogP contribution >= 0.6 is 0 Å². The fourth-order valence-corrected chi connectivity index (χ4v) is 2.03. The van der Waals surface area contributed by atoms with Gasteiger partial charge < -0.3 is 10.2 Å². The maximum absolute atomic E-state index is 11.9. The molecule has 0 heterocycles. The van der Waals surface area contributed by atoms with Crippen LogP contribution in [0.1, 0.15) is 12.5 Å². The van der Waals surface area contributed by atoms with Crippen molar-refractivity contribution in [3.8, 4) is 0 Å². The number of amides is 1. The molecular formula is C19H21N3O. The van der Waals surface area contributed by atoms with Gasteiger partial charge in [0, 0.05) is 31.5 Å². The molecule has 23 heavy (non-hydrogen) atoms. The van der Waals surface area contributed by atoms with Crippen LogP contribution in [0.2, 0.25) is 0 Å². The highest BCUT2D eigenvalue weighted by Gasteiger charge is 2.04. The molecule has 0 fully saturated rings. The molecule has 118 valence electrons. The van der Waals surface area contributed by atoms with E-state index in [0.717, 1.165) is 22.8 Å². The smallest absolute Gasteiger partial charge is 0.248 e. The van der Waals surface area contributed by atoms with E-state index in [1.165, 1.54) is 6.08 Å². The number of rotatable bonds is 4. The third-order valence-corrected chi connectivity index (χ3v) is 3.56.